The van der Waals surface area contributed by atoms with Crippen molar-refractivity contribution in [3.05, 3.63) is 45.9 Å². The van der Waals surface area contributed by atoms with E-state index in [9.17, 15) is 12.8 Å². The lowest BCUT2D eigenvalue weighted by Crippen LogP contribution is -2.29. The van der Waals surface area contributed by atoms with Crippen LogP contribution in [0, 0.1) is 23.6 Å². The number of fused-ring (bicyclic) bond motifs is 2. The van der Waals surface area contributed by atoms with Gasteiger partial charge >= 0.3 is 0 Å². The fourth-order valence-corrected chi connectivity index (χ4v) is 6.58. The molecule has 200 valence electrons. The summed E-state index contributed by atoms with van der Waals surface area (Å²) in [4.78, 5) is 8.63. The van der Waals surface area contributed by atoms with Gasteiger partial charge in [0.15, 0.2) is 17.3 Å². The molecule has 1 saturated heterocycles. The Morgan fingerprint density at radius 2 is 1.89 bits per heavy atom. The maximum absolute atomic E-state index is 14.6. The molecule has 0 bridgehead atoms. The van der Waals surface area contributed by atoms with Crippen LogP contribution in [0.2, 0.25) is 5.02 Å². The summed E-state index contributed by atoms with van der Waals surface area (Å²) >= 11 is 9.24. The summed E-state index contributed by atoms with van der Waals surface area (Å²) in [6.07, 6.45) is 4.54. The van der Waals surface area contributed by atoms with Gasteiger partial charge in [0.05, 0.1) is 36.2 Å². The average molecular weight is 636 g/mol. The Kier molecular flexibility index (Phi) is 8.40. The van der Waals surface area contributed by atoms with E-state index >= 15 is 0 Å². The molecule has 2 fully saturated rings. The lowest BCUT2D eigenvalue weighted by molar-refractivity contribution is 0.231. The lowest BCUT2D eigenvalue weighted by Gasteiger charge is -2.18. The van der Waals surface area contributed by atoms with Crippen molar-refractivity contribution in [3.8, 4) is 11.5 Å². The Morgan fingerprint density at radius 3 is 2.54 bits per heavy atom. The van der Waals surface area contributed by atoms with Crippen LogP contribution >= 0.6 is 39.9 Å². The van der Waals surface area contributed by atoms with Gasteiger partial charge in [-0.15, -0.1) is 12.4 Å². The molecule has 3 aromatic rings. The SMILES string of the molecule is COc1cc2c(Nc3ccc(Br)c(Cl)c3F)ncnc2cc1OC[C@@H]1C[C@@H]2CN(S(C)(=O)=O)C[C@@H]2C1.Cl. The van der Waals surface area contributed by atoms with Gasteiger partial charge < -0.3 is 14.8 Å². The molecule has 13 heteroatoms. The first kappa shape index (κ1) is 28.1. The number of aromatic nitrogens is 2. The molecular weight excluding hydrogens is 610 g/mol. The number of anilines is 2. The summed E-state index contributed by atoms with van der Waals surface area (Å²) in [5.41, 5.74) is 0.794. The molecule has 5 rings (SSSR count). The van der Waals surface area contributed by atoms with Crippen molar-refractivity contribution in [3.63, 3.8) is 0 Å². The van der Waals surface area contributed by atoms with E-state index in [1.807, 2.05) is 0 Å². The molecule has 0 radical (unpaired) electrons. The monoisotopic (exact) mass is 634 g/mol. The first-order valence-corrected chi connectivity index (χ1v) is 14.5. The minimum atomic E-state index is -3.14. The third-order valence-electron chi connectivity index (χ3n) is 6.97. The number of nitrogens with zero attached hydrogens (tertiary/aromatic N) is 3. The molecule has 1 aliphatic heterocycles. The number of nitrogens with one attached hydrogen (secondary N) is 1. The second-order valence-corrected chi connectivity index (χ2v) is 12.6. The van der Waals surface area contributed by atoms with Crippen molar-refractivity contribution < 1.29 is 22.3 Å². The van der Waals surface area contributed by atoms with Gasteiger partial charge in [0.2, 0.25) is 10.0 Å². The van der Waals surface area contributed by atoms with Crippen LogP contribution in [0.25, 0.3) is 10.9 Å². The Hall–Kier alpha value is -1.92. The smallest absolute Gasteiger partial charge is 0.211 e. The first-order valence-electron chi connectivity index (χ1n) is 11.4. The van der Waals surface area contributed by atoms with Crippen LogP contribution in [0.1, 0.15) is 12.8 Å². The quantitative estimate of drug-likeness (QED) is 0.335. The number of rotatable bonds is 7. The van der Waals surface area contributed by atoms with E-state index in [0.29, 0.717) is 70.1 Å². The van der Waals surface area contributed by atoms with Gasteiger partial charge in [0, 0.05) is 29.0 Å². The second kappa shape index (κ2) is 11.1. The topological polar surface area (TPSA) is 93.7 Å². The van der Waals surface area contributed by atoms with Gasteiger partial charge in [-0.1, -0.05) is 11.6 Å². The lowest BCUT2D eigenvalue weighted by atomic mass is 10.0. The summed E-state index contributed by atoms with van der Waals surface area (Å²) in [6.45, 7) is 1.69. The zero-order chi connectivity index (χ0) is 25.6. The van der Waals surface area contributed by atoms with Gasteiger partial charge in [-0.2, -0.15) is 0 Å². The normalized spacial score (nSPS) is 21.5. The summed E-state index contributed by atoms with van der Waals surface area (Å²) in [6, 6.07) is 6.77. The van der Waals surface area contributed by atoms with Gasteiger partial charge in [0.25, 0.3) is 0 Å². The molecule has 2 aliphatic rings. The highest BCUT2D eigenvalue weighted by atomic mass is 79.9. The Bertz CT molecular complexity index is 1420. The highest BCUT2D eigenvalue weighted by Gasteiger charge is 2.43. The van der Waals surface area contributed by atoms with Gasteiger partial charge in [0.1, 0.15) is 12.1 Å². The van der Waals surface area contributed by atoms with Crippen molar-refractivity contribution in [2.45, 2.75) is 12.8 Å². The minimum Gasteiger partial charge on any atom is -0.493 e. The average Bonchev–Trinajstić information content (AvgIpc) is 3.42. The minimum absolute atomic E-state index is 0. The van der Waals surface area contributed by atoms with E-state index in [2.05, 4.69) is 31.2 Å². The van der Waals surface area contributed by atoms with E-state index in [1.54, 1.807) is 35.7 Å². The van der Waals surface area contributed by atoms with Gasteiger partial charge in [-0.25, -0.2) is 27.1 Å². The van der Waals surface area contributed by atoms with E-state index in [0.717, 1.165) is 12.8 Å². The molecule has 0 amide bonds. The van der Waals surface area contributed by atoms with Crippen LogP contribution in [0.4, 0.5) is 15.9 Å². The van der Waals surface area contributed by atoms with Crippen LogP contribution in [0.3, 0.4) is 0 Å². The second-order valence-electron chi connectivity index (χ2n) is 9.34. The molecule has 1 saturated carbocycles. The van der Waals surface area contributed by atoms with E-state index in [4.69, 9.17) is 21.1 Å². The van der Waals surface area contributed by atoms with Crippen molar-refractivity contribution in [1.29, 1.82) is 0 Å². The van der Waals surface area contributed by atoms with Gasteiger partial charge in [-0.05, 0) is 64.7 Å². The highest BCUT2D eigenvalue weighted by molar-refractivity contribution is 9.10. The Labute approximate surface area is 234 Å². The molecule has 0 unspecified atom stereocenters. The summed E-state index contributed by atoms with van der Waals surface area (Å²) in [5.74, 6) is 1.97. The largest absolute Gasteiger partial charge is 0.493 e. The third-order valence-corrected chi connectivity index (χ3v) is 9.46. The molecule has 1 aromatic heterocycles. The molecule has 2 heterocycles. The Balaban J connectivity index is 0.00000320. The maximum Gasteiger partial charge on any atom is 0.211 e. The summed E-state index contributed by atoms with van der Waals surface area (Å²) < 4.78 is 52.1. The molecule has 2 aromatic carbocycles. The predicted molar refractivity (Wildman–Crippen MR) is 147 cm³/mol. The van der Waals surface area contributed by atoms with Crippen LogP contribution in [-0.2, 0) is 10.0 Å². The van der Waals surface area contributed by atoms with Crippen molar-refractivity contribution in [1.82, 2.24) is 14.3 Å². The van der Waals surface area contributed by atoms with Crippen molar-refractivity contribution in [2.75, 3.05) is 38.4 Å². The number of hydrogen-bond acceptors (Lipinski definition) is 7. The summed E-state index contributed by atoms with van der Waals surface area (Å²) in [7, 11) is -1.58. The standard InChI is InChI=1S/C24H25BrClFN4O4S.ClH/c1-34-20-7-16-19(28-12-29-24(16)30-18-4-3-17(25)22(26)23(18)27)8-21(20)35-11-13-5-14-9-31(36(2,32)33)10-15(14)6-13;/h3-4,7-8,12-15H,5-6,9-11H2,1-2H3,(H,28,29,30);1H/t13-,14-,15+;. The highest BCUT2D eigenvalue weighted by Crippen LogP contribution is 2.43. The molecule has 1 N–H and O–H groups in total. The Morgan fingerprint density at radius 1 is 1.19 bits per heavy atom. The number of sulfonamides is 1. The molecule has 3 atom stereocenters. The molecule has 8 nitrogen and oxygen atoms in total. The van der Waals surface area contributed by atoms with Crippen LogP contribution < -0.4 is 14.8 Å². The number of hydrogen-bond donors (Lipinski definition) is 1. The van der Waals surface area contributed by atoms with Crippen LogP contribution in [-0.4, -0.2) is 55.8 Å². The van der Waals surface area contributed by atoms with Gasteiger partial charge in [-0.3, -0.25) is 0 Å². The fourth-order valence-electron chi connectivity index (χ4n) is 5.18. The van der Waals surface area contributed by atoms with Crippen molar-refractivity contribution in [2.24, 2.45) is 17.8 Å². The molecule has 0 spiro atoms. The number of benzene rings is 2. The fraction of sp³-hybridized carbons (Fsp3) is 0.417. The molecule has 37 heavy (non-hydrogen) atoms. The van der Waals surface area contributed by atoms with E-state index in [1.165, 1.54) is 12.6 Å². The predicted octanol–water partition coefficient (Wildman–Crippen LogP) is 5.66. The van der Waals surface area contributed by atoms with Crippen LogP contribution in [0.15, 0.2) is 35.1 Å². The van der Waals surface area contributed by atoms with Crippen molar-refractivity contribution >= 4 is 72.4 Å². The zero-order valence-electron chi connectivity index (χ0n) is 20.1. The summed E-state index contributed by atoms with van der Waals surface area (Å²) in [5, 5.41) is 3.61. The zero-order valence-corrected chi connectivity index (χ0v) is 24.1. The number of methoxy groups -OCH3 is 1. The number of halogens is 4. The van der Waals surface area contributed by atoms with E-state index < -0.39 is 15.8 Å². The molecular formula is C24H26BrCl2FN4O4S. The van der Waals surface area contributed by atoms with E-state index in [-0.39, 0.29) is 23.1 Å². The first-order chi connectivity index (χ1) is 17.1. The van der Waals surface area contributed by atoms with Crippen LogP contribution in [0.5, 0.6) is 11.5 Å². The third kappa shape index (κ3) is 5.75. The number of ether oxygens (including phenoxy) is 2. The molecule has 1 aliphatic carbocycles. The maximum atomic E-state index is 14.6.